The number of aryl methyl sites for hydroxylation is 2. The number of carbonyl (C=O) groups excluding carboxylic acids is 1. The minimum absolute atomic E-state index is 0.00155. The number of hydrogen-bond donors (Lipinski definition) is 1. The molecule has 5 heteroatoms. The van der Waals surface area contributed by atoms with Gasteiger partial charge in [0.05, 0.1) is 5.75 Å². The summed E-state index contributed by atoms with van der Waals surface area (Å²) in [5, 5.41) is 3.15. The minimum atomic E-state index is -3.00. The summed E-state index contributed by atoms with van der Waals surface area (Å²) in [6, 6.07) is 16.8. The van der Waals surface area contributed by atoms with Crippen LogP contribution in [-0.4, -0.2) is 31.9 Å². The van der Waals surface area contributed by atoms with Crippen LogP contribution in [0.15, 0.2) is 48.5 Å². The molecule has 29 heavy (non-hydrogen) atoms. The van der Waals surface area contributed by atoms with Crippen LogP contribution in [0.3, 0.4) is 0 Å². The van der Waals surface area contributed by atoms with Gasteiger partial charge in [-0.3, -0.25) is 4.79 Å². The molecule has 3 rings (SSSR count). The van der Waals surface area contributed by atoms with Gasteiger partial charge in [-0.05, 0) is 54.4 Å². The molecule has 0 fully saturated rings. The lowest BCUT2D eigenvalue weighted by molar-refractivity contribution is -0.119. The summed E-state index contributed by atoms with van der Waals surface area (Å²) in [6.07, 6.45) is 3.91. The maximum atomic E-state index is 12.1. The Hall–Kier alpha value is -2.14. The largest absolute Gasteiger partial charge is 0.353 e. The molecule has 1 amide bonds. The zero-order valence-electron chi connectivity index (χ0n) is 17.4. The zero-order valence-corrected chi connectivity index (χ0v) is 18.2. The van der Waals surface area contributed by atoms with E-state index >= 15 is 0 Å². The molecule has 1 aliphatic carbocycles. The van der Waals surface area contributed by atoms with Crippen molar-refractivity contribution >= 4 is 15.7 Å². The summed E-state index contributed by atoms with van der Waals surface area (Å²) in [7, 11) is -3.00. The third-order valence-corrected chi connectivity index (χ3v) is 7.58. The summed E-state index contributed by atoms with van der Waals surface area (Å²) in [6.45, 7) is 3.47. The third-order valence-electron chi connectivity index (χ3n) is 5.72. The first-order chi connectivity index (χ1) is 13.9. The van der Waals surface area contributed by atoms with Gasteiger partial charge in [0.15, 0.2) is 9.84 Å². The van der Waals surface area contributed by atoms with Gasteiger partial charge in [-0.2, -0.15) is 0 Å². The van der Waals surface area contributed by atoms with E-state index in [0.29, 0.717) is 12.8 Å². The van der Waals surface area contributed by atoms with Crippen molar-refractivity contribution < 1.29 is 13.2 Å². The first kappa shape index (κ1) is 21.6. The molecule has 1 N–H and O–H groups in total. The van der Waals surface area contributed by atoms with Crippen LogP contribution in [0.1, 0.15) is 54.9 Å². The zero-order chi connectivity index (χ0) is 20.9. The van der Waals surface area contributed by atoms with Crippen molar-refractivity contribution in [3.05, 3.63) is 70.8 Å². The van der Waals surface area contributed by atoms with Gasteiger partial charge in [0.25, 0.3) is 0 Å². The monoisotopic (exact) mass is 413 g/mol. The third kappa shape index (κ3) is 5.92. The predicted octanol–water partition coefficient (Wildman–Crippen LogP) is 3.83. The molecule has 0 heterocycles. The average molecular weight is 414 g/mol. The molecule has 1 aliphatic rings. The summed E-state index contributed by atoms with van der Waals surface area (Å²) < 4.78 is 24.2. The Morgan fingerprint density at radius 1 is 1.07 bits per heavy atom. The van der Waals surface area contributed by atoms with Crippen molar-refractivity contribution in [1.29, 1.82) is 0 Å². The topological polar surface area (TPSA) is 63.2 Å². The number of nitrogens with one attached hydrogen (secondary N) is 1. The molecule has 0 aromatic heterocycles. The molecule has 2 atom stereocenters. The van der Waals surface area contributed by atoms with E-state index in [1.807, 2.05) is 25.1 Å². The Kier molecular flexibility index (Phi) is 7.12. The SMILES string of the molecule is CCCS(=O)(=O)CCc1ccc2c(c1)C(Cc1ccccc1)C(NC(C)=O)CC2. The smallest absolute Gasteiger partial charge is 0.217 e. The molecule has 0 bridgehead atoms. The summed E-state index contributed by atoms with van der Waals surface area (Å²) in [4.78, 5) is 11.8. The van der Waals surface area contributed by atoms with Crippen LogP contribution in [0, 0.1) is 0 Å². The van der Waals surface area contributed by atoms with Gasteiger partial charge >= 0.3 is 0 Å². The van der Waals surface area contributed by atoms with Crippen molar-refractivity contribution in [3.63, 3.8) is 0 Å². The lowest BCUT2D eigenvalue weighted by Gasteiger charge is -2.34. The lowest BCUT2D eigenvalue weighted by atomic mass is 9.75. The van der Waals surface area contributed by atoms with E-state index in [2.05, 4.69) is 35.6 Å². The standard InChI is InChI=1S/C24H31NO3S/c1-3-14-29(27,28)15-13-20-9-10-21-11-12-24(25-18(2)26)23(22(21)16-20)17-19-7-5-4-6-8-19/h4-10,16,23-24H,3,11-15,17H2,1-2H3,(H,25,26). The van der Waals surface area contributed by atoms with Crippen molar-refractivity contribution in [2.75, 3.05) is 11.5 Å². The van der Waals surface area contributed by atoms with Crippen LogP contribution in [0.5, 0.6) is 0 Å². The van der Waals surface area contributed by atoms with Crippen LogP contribution in [0.4, 0.5) is 0 Å². The van der Waals surface area contributed by atoms with Crippen LogP contribution < -0.4 is 5.32 Å². The van der Waals surface area contributed by atoms with Gasteiger partial charge in [0.2, 0.25) is 5.91 Å². The van der Waals surface area contributed by atoms with E-state index in [1.54, 1.807) is 6.92 Å². The summed E-state index contributed by atoms with van der Waals surface area (Å²) in [5.41, 5.74) is 4.87. The highest BCUT2D eigenvalue weighted by Crippen LogP contribution is 2.35. The van der Waals surface area contributed by atoms with Gasteiger partial charge in [0.1, 0.15) is 0 Å². The van der Waals surface area contributed by atoms with Crippen LogP contribution in [0.2, 0.25) is 0 Å². The average Bonchev–Trinajstić information content (AvgIpc) is 2.68. The number of sulfone groups is 1. The first-order valence-electron chi connectivity index (χ1n) is 10.5. The van der Waals surface area contributed by atoms with Gasteiger partial charge in [-0.25, -0.2) is 8.42 Å². The molecule has 2 aromatic rings. The van der Waals surface area contributed by atoms with Crippen LogP contribution in [0.25, 0.3) is 0 Å². The van der Waals surface area contributed by atoms with Gasteiger partial charge in [-0.15, -0.1) is 0 Å². The normalized spacial score (nSPS) is 18.8. The van der Waals surface area contributed by atoms with Gasteiger partial charge < -0.3 is 5.32 Å². The molecule has 0 saturated carbocycles. The Morgan fingerprint density at radius 3 is 2.52 bits per heavy atom. The van der Waals surface area contributed by atoms with E-state index in [-0.39, 0.29) is 29.4 Å². The number of fused-ring (bicyclic) bond motifs is 1. The maximum Gasteiger partial charge on any atom is 0.217 e. The Balaban J connectivity index is 1.87. The second kappa shape index (κ2) is 9.57. The number of rotatable bonds is 8. The Bertz CT molecular complexity index is 938. The Labute approximate surface area is 174 Å². The van der Waals surface area contributed by atoms with Gasteiger partial charge in [0, 0.05) is 24.6 Å². The number of benzene rings is 2. The van der Waals surface area contributed by atoms with E-state index in [1.165, 1.54) is 16.7 Å². The van der Waals surface area contributed by atoms with E-state index in [0.717, 1.165) is 24.8 Å². The fourth-order valence-electron chi connectivity index (χ4n) is 4.34. The minimum Gasteiger partial charge on any atom is -0.353 e. The van der Waals surface area contributed by atoms with Crippen molar-refractivity contribution in [2.45, 2.75) is 57.9 Å². The predicted molar refractivity (Wildman–Crippen MR) is 118 cm³/mol. The second-order valence-electron chi connectivity index (χ2n) is 8.08. The van der Waals surface area contributed by atoms with Gasteiger partial charge in [-0.1, -0.05) is 55.5 Å². The highest BCUT2D eigenvalue weighted by atomic mass is 32.2. The molecule has 0 radical (unpaired) electrons. The van der Waals surface area contributed by atoms with E-state index in [4.69, 9.17) is 0 Å². The van der Waals surface area contributed by atoms with Crippen molar-refractivity contribution in [1.82, 2.24) is 5.32 Å². The molecule has 4 nitrogen and oxygen atoms in total. The Morgan fingerprint density at radius 2 is 1.83 bits per heavy atom. The molecule has 0 aliphatic heterocycles. The second-order valence-corrected chi connectivity index (χ2v) is 10.4. The molecule has 156 valence electrons. The molecular weight excluding hydrogens is 382 g/mol. The van der Waals surface area contributed by atoms with E-state index in [9.17, 15) is 13.2 Å². The molecular formula is C24H31NO3S. The molecule has 0 saturated heterocycles. The number of carbonyl (C=O) groups is 1. The maximum absolute atomic E-state index is 12.1. The highest BCUT2D eigenvalue weighted by molar-refractivity contribution is 7.91. The van der Waals surface area contributed by atoms with Crippen LogP contribution >= 0.6 is 0 Å². The summed E-state index contributed by atoms with van der Waals surface area (Å²) in [5.74, 6) is 0.632. The van der Waals surface area contributed by atoms with E-state index < -0.39 is 9.84 Å². The molecule has 2 unspecified atom stereocenters. The van der Waals surface area contributed by atoms with Crippen molar-refractivity contribution in [2.24, 2.45) is 0 Å². The fourth-order valence-corrected chi connectivity index (χ4v) is 5.72. The lowest BCUT2D eigenvalue weighted by Crippen LogP contribution is -2.41. The fraction of sp³-hybridized carbons (Fsp3) is 0.458. The molecule has 0 spiro atoms. The number of amides is 1. The number of hydrogen-bond acceptors (Lipinski definition) is 3. The first-order valence-corrected chi connectivity index (χ1v) is 12.3. The molecule has 2 aromatic carbocycles. The highest BCUT2D eigenvalue weighted by Gasteiger charge is 2.30. The quantitative estimate of drug-likeness (QED) is 0.715. The van der Waals surface area contributed by atoms with Crippen molar-refractivity contribution in [3.8, 4) is 0 Å². The van der Waals surface area contributed by atoms with Crippen LogP contribution in [-0.2, 0) is 33.9 Å². The summed E-state index contributed by atoms with van der Waals surface area (Å²) >= 11 is 0.